The number of fused-ring (bicyclic) bond motifs is 1. The summed E-state index contributed by atoms with van der Waals surface area (Å²) < 4.78 is 0. The van der Waals surface area contributed by atoms with Crippen molar-refractivity contribution in [3.8, 4) is 0 Å². The second-order valence-corrected chi connectivity index (χ2v) is 8.06. The van der Waals surface area contributed by atoms with Crippen molar-refractivity contribution in [2.24, 2.45) is 5.92 Å². The Hall–Kier alpha value is -2.04. The van der Waals surface area contributed by atoms with Gasteiger partial charge in [-0.25, -0.2) is 0 Å². The summed E-state index contributed by atoms with van der Waals surface area (Å²) in [5.74, 6) is 0.419. The number of hydrogen-bond donors (Lipinski definition) is 1. The van der Waals surface area contributed by atoms with Gasteiger partial charge < -0.3 is 10.2 Å². The molecule has 2 aromatic rings. The number of rotatable bonds is 5. The fourth-order valence-electron chi connectivity index (χ4n) is 3.16. The highest BCUT2D eigenvalue weighted by molar-refractivity contribution is 6.35. The molecule has 2 amide bonds. The molecule has 1 aliphatic rings. The van der Waals surface area contributed by atoms with Gasteiger partial charge in [-0.2, -0.15) is 0 Å². The molecule has 3 rings (SSSR count). The molecule has 0 saturated carbocycles. The molecule has 0 aromatic heterocycles. The average molecular weight is 405 g/mol. The van der Waals surface area contributed by atoms with Gasteiger partial charge in [-0.05, 0) is 60.7 Å². The zero-order chi connectivity index (χ0) is 19.6. The Bertz CT molecular complexity index is 860. The first-order chi connectivity index (χ1) is 12.8. The third-order valence-corrected chi connectivity index (χ3v) is 5.03. The van der Waals surface area contributed by atoms with E-state index >= 15 is 0 Å². The fourth-order valence-corrected chi connectivity index (χ4v) is 3.68. The van der Waals surface area contributed by atoms with Crippen LogP contribution in [-0.2, 0) is 11.2 Å². The number of aryl methyl sites for hydroxylation is 1. The minimum Gasteiger partial charge on any atom is -0.322 e. The minimum atomic E-state index is -0.275. The predicted molar refractivity (Wildman–Crippen MR) is 111 cm³/mol. The van der Waals surface area contributed by atoms with E-state index in [9.17, 15) is 9.59 Å². The van der Waals surface area contributed by atoms with Crippen LogP contribution in [0.5, 0.6) is 0 Å². The maximum Gasteiger partial charge on any atom is 0.255 e. The topological polar surface area (TPSA) is 49.4 Å². The van der Waals surface area contributed by atoms with Gasteiger partial charge in [-0.3, -0.25) is 9.59 Å². The molecule has 1 N–H and O–H groups in total. The van der Waals surface area contributed by atoms with Crippen molar-refractivity contribution in [2.45, 2.75) is 33.1 Å². The van der Waals surface area contributed by atoms with E-state index in [1.54, 1.807) is 18.2 Å². The summed E-state index contributed by atoms with van der Waals surface area (Å²) in [5, 5.41) is 3.71. The zero-order valence-electron chi connectivity index (χ0n) is 15.4. The van der Waals surface area contributed by atoms with Crippen molar-refractivity contribution < 1.29 is 9.59 Å². The van der Waals surface area contributed by atoms with E-state index in [4.69, 9.17) is 23.2 Å². The Morgan fingerprint density at radius 2 is 1.81 bits per heavy atom. The maximum atomic E-state index is 12.5. The van der Waals surface area contributed by atoms with Crippen LogP contribution in [0.1, 0.15) is 42.6 Å². The Morgan fingerprint density at radius 3 is 2.48 bits per heavy atom. The largest absolute Gasteiger partial charge is 0.322 e. The number of amides is 2. The van der Waals surface area contributed by atoms with Gasteiger partial charge in [0.05, 0.1) is 0 Å². The lowest BCUT2D eigenvalue weighted by atomic mass is 9.99. The van der Waals surface area contributed by atoms with E-state index in [1.165, 1.54) is 0 Å². The van der Waals surface area contributed by atoms with Gasteiger partial charge in [0.25, 0.3) is 5.91 Å². The molecule has 142 valence electrons. The zero-order valence-corrected chi connectivity index (χ0v) is 16.9. The number of halogens is 2. The van der Waals surface area contributed by atoms with E-state index in [1.807, 2.05) is 23.1 Å². The minimum absolute atomic E-state index is 0.161. The van der Waals surface area contributed by atoms with Crippen molar-refractivity contribution in [2.75, 3.05) is 16.8 Å². The molecule has 0 radical (unpaired) electrons. The summed E-state index contributed by atoms with van der Waals surface area (Å²) in [6, 6.07) is 10.4. The third kappa shape index (κ3) is 4.82. The van der Waals surface area contributed by atoms with Crippen molar-refractivity contribution in [1.82, 2.24) is 0 Å². The van der Waals surface area contributed by atoms with Crippen LogP contribution in [0.4, 0.5) is 11.4 Å². The Morgan fingerprint density at radius 1 is 1.11 bits per heavy atom. The Kier molecular flexibility index (Phi) is 6.08. The second-order valence-electron chi connectivity index (χ2n) is 7.18. The van der Waals surface area contributed by atoms with Gasteiger partial charge in [-0.1, -0.05) is 37.0 Å². The molecular formula is C21H22Cl2N2O2. The van der Waals surface area contributed by atoms with Gasteiger partial charge in [0.2, 0.25) is 5.91 Å². The lowest BCUT2D eigenvalue weighted by Gasteiger charge is -2.30. The van der Waals surface area contributed by atoms with Gasteiger partial charge in [0, 0.05) is 39.9 Å². The van der Waals surface area contributed by atoms with Crippen LogP contribution in [0.3, 0.4) is 0 Å². The quantitative estimate of drug-likeness (QED) is 0.707. The Labute approximate surface area is 169 Å². The van der Waals surface area contributed by atoms with E-state index in [0.29, 0.717) is 40.1 Å². The summed E-state index contributed by atoms with van der Waals surface area (Å²) in [7, 11) is 0. The number of anilines is 2. The molecule has 0 unspecified atom stereocenters. The highest BCUT2D eigenvalue weighted by Gasteiger charge is 2.24. The normalized spacial score (nSPS) is 13.7. The second kappa shape index (κ2) is 8.32. The van der Waals surface area contributed by atoms with Crippen LogP contribution >= 0.6 is 23.2 Å². The van der Waals surface area contributed by atoms with Crippen molar-refractivity contribution in [3.05, 3.63) is 57.6 Å². The molecule has 0 aliphatic carbocycles. The highest BCUT2D eigenvalue weighted by Crippen LogP contribution is 2.31. The van der Waals surface area contributed by atoms with Crippen molar-refractivity contribution in [3.63, 3.8) is 0 Å². The highest BCUT2D eigenvalue weighted by atomic mass is 35.5. The average Bonchev–Trinajstić information content (AvgIpc) is 2.60. The fraction of sp³-hybridized carbons (Fsp3) is 0.333. The summed E-state index contributed by atoms with van der Waals surface area (Å²) in [6.07, 6.45) is 2.13. The molecule has 0 saturated heterocycles. The summed E-state index contributed by atoms with van der Waals surface area (Å²) in [4.78, 5) is 26.7. The van der Waals surface area contributed by atoms with Gasteiger partial charge in [-0.15, -0.1) is 0 Å². The molecule has 0 bridgehead atoms. The van der Waals surface area contributed by atoms with Gasteiger partial charge in [0.1, 0.15) is 0 Å². The van der Waals surface area contributed by atoms with Gasteiger partial charge in [0.15, 0.2) is 0 Å². The lowest BCUT2D eigenvalue weighted by Crippen LogP contribution is -2.36. The number of benzene rings is 2. The molecule has 1 aliphatic heterocycles. The van der Waals surface area contributed by atoms with Crippen LogP contribution in [0, 0.1) is 5.92 Å². The van der Waals surface area contributed by atoms with Crippen molar-refractivity contribution in [1.29, 1.82) is 0 Å². The van der Waals surface area contributed by atoms with E-state index < -0.39 is 0 Å². The first-order valence-electron chi connectivity index (χ1n) is 9.04. The SMILES string of the molecule is CC(C)CCN1C(=O)CCc2cc(NC(=O)c3cc(Cl)cc(Cl)c3)ccc21. The van der Waals surface area contributed by atoms with Crippen LogP contribution in [0.2, 0.25) is 10.0 Å². The predicted octanol–water partition coefficient (Wildman–Crippen LogP) is 5.57. The third-order valence-electron chi connectivity index (χ3n) is 4.59. The lowest BCUT2D eigenvalue weighted by molar-refractivity contribution is -0.118. The van der Waals surface area contributed by atoms with E-state index in [0.717, 1.165) is 24.2 Å². The standard InChI is InChI=1S/C21H22Cl2N2O2/c1-13(2)7-8-25-19-5-4-18(11-14(19)3-6-20(25)26)24-21(27)15-9-16(22)12-17(23)10-15/h4-5,9-13H,3,6-8H2,1-2H3,(H,24,27). The van der Waals surface area contributed by atoms with Crippen LogP contribution in [0.15, 0.2) is 36.4 Å². The first kappa shape index (κ1) is 19.7. The van der Waals surface area contributed by atoms with E-state index in [-0.39, 0.29) is 11.8 Å². The summed E-state index contributed by atoms with van der Waals surface area (Å²) >= 11 is 11.9. The van der Waals surface area contributed by atoms with Crippen LogP contribution in [0.25, 0.3) is 0 Å². The van der Waals surface area contributed by atoms with E-state index in [2.05, 4.69) is 19.2 Å². The van der Waals surface area contributed by atoms with Crippen LogP contribution < -0.4 is 10.2 Å². The first-order valence-corrected chi connectivity index (χ1v) is 9.80. The molecule has 4 nitrogen and oxygen atoms in total. The van der Waals surface area contributed by atoms with Gasteiger partial charge >= 0.3 is 0 Å². The smallest absolute Gasteiger partial charge is 0.255 e. The number of hydrogen-bond acceptors (Lipinski definition) is 2. The molecule has 1 heterocycles. The molecule has 27 heavy (non-hydrogen) atoms. The number of nitrogens with zero attached hydrogens (tertiary/aromatic N) is 1. The summed E-state index contributed by atoms with van der Waals surface area (Å²) in [6.45, 7) is 5.02. The molecule has 0 fully saturated rings. The number of carbonyl (C=O) groups excluding carboxylic acids is 2. The van der Waals surface area contributed by atoms with Crippen molar-refractivity contribution >= 4 is 46.4 Å². The molecule has 0 atom stereocenters. The molecular weight excluding hydrogens is 383 g/mol. The summed E-state index contributed by atoms with van der Waals surface area (Å²) in [5.41, 5.74) is 3.10. The monoisotopic (exact) mass is 404 g/mol. The number of carbonyl (C=O) groups is 2. The molecule has 0 spiro atoms. The molecule has 6 heteroatoms. The Balaban J connectivity index is 1.79. The van der Waals surface area contributed by atoms with Crippen LogP contribution in [-0.4, -0.2) is 18.4 Å². The molecule has 2 aromatic carbocycles. The maximum absolute atomic E-state index is 12.5. The number of nitrogens with one attached hydrogen (secondary N) is 1.